The topological polar surface area (TPSA) is 72.2 Å². The van der Waals surface area contributed by atoms with Crippen molar-refractivity contribution in [2.24, 2.45) is 0 Å². The quantitative estimate of drug-likeness (QED) is 0.412. The monoisotopic (exact) mass is 564 g/mol. The Morgan fingerprint density at radius 1 is 1.19 bits per heavy atom. The molecule has 0 aliphatic rings. The summed E-state index contributed by atoms with van der Waals surface area (Å²) in [5.74, 6) is 0. The summed E-state index contributed by atoms with van der Waals surface area (Å²) >= 11 is 14.6. The lowest BCUT2D eigenvalue weighted by atomic mass is 10.3. The number of nitrogens with one attached hydrogen (secondary N) is 1. The molecule has 0 heterocycles. The smallest absolute Gasteiger partial charge is 0.265 e. The number of nitrogens with two attached hydrogens (primary N) is 1. The number of halogens is 4. The van der Waals surface area contributed by atoms with Gasteiger partial charge in [-0.15, -0.1) is 0 Å². The molecule has 0 bridgehead atoms. The Morgan fingerprint density at radius 3 is 2.43 bits per heavy atom. The van der Waals surface area contributed by atoms with Crippen LogP contribution < -0.4 is 10.5 Å². The fraction of sp³-hybridized carbons (Fsp3) is 0. The van der Waals surface area contributed by atoms with Crippen LogP contribution in [0, 0.1) is 3.57 Å². The molecule has 0 aliphatic carbocycles. The summed E-state index contributed by atoms with van der Waals surface area (Å²) in [5, 5.41) is 0.317. The number of rotatable bonds is 3. The highest BCUT2D eigenvalue weighted by Gasteiger charge is 2.22. The minimum Gasteiger partial charge on any atom is -0.398 e. The highest BCUT2D eigenvalue weighted by Crippen LogP contribution is 2.34. The van der Waals surface area contributed by atoms with Gasteiger partial charge in [0, 0.05) is 12.5 Å². The van der Waals surface area contributed by atoms with Crippen LogP contribution in [0.15, 0.2) is 44.2 Å². The molecule has 2 rings (SSSR count). The molecule has 0 fully saturated rings. The predicted molar refractivity (Wildman–Crippen MR) is 101 cm³/mol. The molecule has 112 valence electrons. The summed E-state index contributed by atoms with van der Waals surface area (Å²) in [4.78, 5) is -0.0275. The first-order valence-electron chi connectivity index (χ1n) is 5.43. The summed E-state index contributed by atoms with van der Waals surface area (Å²) in [6, 6.07) is 8.16. The molecule has 0 radical (unpaired) electrons. The standard InChI is InChI=1S/C12H8Br2ClIN2O2S/c13-6-3-8(14)12(10(17)4-6)21(19,20)18-11-2-1-7(16)5-9(11)15/h1-5,18H,17H2. The Bertz CT molecular complexity index is 792. The van der Waals surface area contributed by atoms with Crippen molar-refractivity contribution in [2.75, 3.05) is 10.5 Å². The van der Waals surface area contributed by atoms with Crippen LogP contribution in [0.5, 0.6) is 0 Å². The number of sulfonamides is 1. The Morgan fingerprint density at radius 2 is 1.86 bits per heavy atom. The summed E-state index contributed by atoms with van der Waals surface area (Å²) in [7, 11) is -3.86. The number of hydrogen-bond acceptors (Lipinski definition) is 3. The first kappa shape index (κ1) is 17.3. The van der Waals surface area contributed by atoms with Gasteiger partial charge in [0.2, 0.25) is 0 Å². The first-order valence-corrected chi connectivity index (χ1v) is 9.95. The number of nitrogen functional groups attached to an aromatic ring is 1. The van der Waals surface area contributed by atoms with Crippen molar-refractivity contribution in [1.29, 1.82) is 0 Å². The molecule has 9 heteroatoms. The van der Waals surface area contributed by atoms with Gasteiger partial charge in [-0.25, -0.2) is 8.42 Å². The van der Waals surface area contributed by atoms with Gasteiger partial charge in [0.25, 0.3) is 10.0 Å². The highest BCUT2D eigenvalue weighted by atomic mass is 127. The largest absolute Gasteiger partial charge is 0.398 e. The third-order valence-corrected chi connectivity index (χ3v) is 6.29. The van der Waals surface area contributed by atoms with Gasteiger partial charge in [0.15, 0.2) is 0 Å². The molecule has 0 unspecified atom stereocenters. The van der Waals surface area contributed by atoms with Crippen LogP contribution in [0.1, 0.15) is 0 Å². The lowest BCUT2D eigenvalue weighted by Crippen LogP contribution is -2.16. The molecule has 4 nitrogen and oxygen atoms in total. The SMILES string of the molecule is Nc1cc(Br)cc(Br)c1S(=O)(=O)Nc1ccc(I)cc1Cl. The second-order valence-corrected chi connectivity index (χ2v) is 9.08. The van der Waals surface area contributed by atoms with Crippen LogP contribution in [-0.2, 0) is 10.0 Å². The van der Waals surface area contributed by atoms with Crippen LogP contribution in [0.2, 0.25) is 5.02 Å². The van der Waals surface area contributed by atoms with E-state index in [1.165, 1.54) is 6.07 Å². The van der Waals surface area contributed by atoms with E-state index in [1.807, 2.05) is 0 Å². The fourth-order valence-electron chi connectivity index (χ4n) is 1.63. The molecule has 21 heavy (non-hydrogen) atoms. The van der Waals surface area contributed by atoms with Crippen molar-refractivity contribution in [2.45, 2.75) is 4.90 Å². The molecule has 0 saturated carbocycles. The van der Waals surface area contributed by atoms with Crippen molar-refractivity contribution in [3.8, 4) is 0 Å². The van der Waals surface area contributed by atoms with Gasteiger partial charge >= 0.3 is 0 Å². The number of benzene rings is 2. The molecule has 2 aromatic rings. The van der Waals surface area contributed by atoms with Gasteiger partial charge in [0.1, 0.15) is 4.90 Å². The molecular formula is C12H8Br2ClIN2O2S. The van der Waals surface area contributed by atoms with Gasteiger partial charge in [-0.2, -0.15) is 0 Å². The maximum Gasteiger partial charge on any atom is 0.265 e. The van der Waals surface area contributed by atoms with E-state index >= 15 is 0 Å². The molecule has 3 N–H and O–H groups in total. The van der Waals surface area contributed by atoms with Crippen molar-refractivity contribution in [3.05, 3.63) is 47.9 Å². The second kappa shape index (κ2) is 6.61. The zero-order chi connectivity index (χ0) is 15.8. The molecule has 2 aromatic carbocycles. The van der Waals surface area contributed by atoms with Gasteiger partial charge < -0.3 is 5.73 Å². The third-order valence-electron chi connectivity index (χ3n) is 2.48. The first-order chi connectivity index (χ1) is 9.70. The Labute approximate surface area is 157 Å². The van der Waals surface area contributed by atoms with E-state index in [1.54, 1.807) is 24.3 Å². The van der Waals surface area contributed by atoms with E-state index in [0.717, 1.165) is 3.57 Å². The summed E-state index contributed by atoms with van der Waals surface area (Å²) in [6.07, 6.45) is 0. The van der Waals surface area contributed by atoms with E-state index in [2.05, 4.69) is 59.2 Å². The maximum absolute atomic E-state index is 12.5. The highest BCUT2D eigenvalue weighted by molar-refractivity contribution is 14.1. The van der Waals surface area contributed by atoms with Crippen molar-refractivity contribution in [3.63, 3.8) is 0 Å². The molecule has 0 aromatic heterocycles. The Kier molecular flexibility index (Phi) is 5.45. The molecule has 0 amide bonds. The normalized spacial score (nSPS) is 11.4. The number of anilines is 2. The van der Waals surface area contributed by atoms with Crippen LogP contribution in [0.4, 0.5) is 11.4 Å². The summed E-state index contributed by atoms with van der Waals surface area (Å²) < 4.78 is 29.4. The van der Waals surface area contributed by atoms with Crippen LogP contribution in [-0.4, -0.2) is 8.42 Å². The predicted octanol–water partition coefficient (Wildman–Crippen LogP) is 4.85. The summed E-state index contributed by atoms with van der Waals surface area (Å²) in [5.41, 5.74) is 6.24. The zero-order valence-corrected chi connectivity index (χ0v) is 17.1. The van der Waals surface area contributed by atoms with Crippen LogP contribution >= 0.6 is 66.1 Å². The minimum atomic E-state index is -3.86. The lowest BCUT2D eigenvalue weighted by Gasteiger charge is -2.13. The zero-order valence-electron chi connectivity index (χ0n) is 10.2. The van der Waals surface area contributed by atoms with E-state index in [-0.39, 0.29) is 10.6 Å². The third kappa shape index (κ3) is 4.04. The van der Waals surface area contributed by atoms with Crippen molar-refractivity contribution in [1.82, 2.24) is 0 Å². The molecule has 0 aliphatic heterocycles. The Balaban J connectivity index is 2.48. The maximum atomic E-state index is 12.5. The average molecular weight is 566 g/mol. The van der Waals surface area contributed by atoms with Crippen molar-refractivity contribution < 1.29 is 8.42 Å². The van der Waals surface area contributed by atoms with Crippen LogP contribution in [0.25, 0.3) is 0 Å². The minimum absolute atomic E-state index is 0.0275. The molecule has 0 saturated heterocycles. The van der Waals surface area contributed by atoms with Crippen LogP contribution in [0.3, 0.4) is 0 Å². The van der Waals surface area contributed by atoms with Crippen molar-refractivity contribution >= 4 is 87.4 Å². The average Bonchev–Trinajstić information content (AvgIpc) is 2.30. The van der Waals surface area contributed by atoms with Gasteiger partial charge in [0.05, 0.1) is 16.4 Å². The van der Waals surface area contributed by atoms with E-state index in [9.17, 15) is 8.42 Å². The number of hydrogen-bond donors (Lipinski definition) is 2. The Hall–Kier alpha value is -0.0300. The fourth-order valence-corrected chi connectivity index (χ4v) is 5.74. The van der Waals surface area contributed by atoms with Gasteiger partial charge in [-0.05, 0) is 68.9 Å². The molecule has 0 spiro atoms. The molecular weight excluding hydrogens is 558 g/mol. The lowest BCUT2D eigenvalue weighted by molar-refractivity contribution is 0.601. The van der Waals surface area contributed by atoms with E-state index in [0.29, 0.717) is 19.7 Å². The second-order valence-electron chi connectivity index (χ2n) is 4.04. The van der Waals surface area contributed by atoms with Gasteiger partial charge in [-0.3, -0.25) is 4.72 Å². The molecule has 0 atom stereocenters. The van der Waals surface area contributed by atoms with E-state index in [4.69, 9.17) is 17.3 Å². The van der Waals surface area contributed by atoms with Gasteiger partial charge in [-0.1, -0.05) is 27.5 Å². The van der Waals surface area contributed by atoms with E-state index < -0.39 is 10.0 Å². The summed E-state index contributed by atoms with van der Waals surface area (Å²) in [6.45, 7) is 0.